The highest BCUT2D eigenvalue weighted by Gasteiger charge is 2.20. The second-order valence-electron chi connectivity index (χ2n) is 10.4. The van der Waals surface area contributed by atoms with Crippen molar-refractivity contribution in [3.63, 3.8) is 0 Å². The number of likely N-dealkylation sites (tertiary alicyclic amines) is 1. The Hall–Kier alpha value is -4.82. The SMILES string of the molecule is C=CC(=O)N[C@H]1CCCN(Cc2ccc(-n3c(-c4cccnc4N)nc4ccc(-c5ccccc5)nc43)cc2)CC1. The first-order valence-corrected chi connectivity index (χ1v) is 14.0. The van der Waals surface area contributed by atoms with Crippen LogP contribution in [0.25, 0.3) is 39.5 Å². The zero-order valence-electron chi connectivity index (χ0n) is 22.9. The molecular formula is C33H33N7O. The number of aromatic nitrogens is 4. The van der Waals surface area contributed by atoms with Crippen LogP contribution in [0.3, 0.4) is 0 Å². The van der Waals surface area contributed by atoms with E-state index >= 15 is 0 Å². The summed E-state index contributed by atoms with van der Waals surface area (Å²) in [6, 6.07) is 26.7. The van der Waals surface area contributed by atoms with E-state index in [-0.39, 0.29) is 11.9 Å². The minimum atomic E-state index is -0.0937. The van der Waals surface area contributed by atoms with Crippen molar-refractivity contribution in [1.29, 1.82) is 0 Å². The average Bonchev–Trinajstić information content (AvgIpc) is 3.25. The molecule has 5 aromatic rings. The van der Waals surface area contributed by atoms with Crippen LogP contribution in [0.1, 0.15) is 24.8 Å². The fourth-order valence-corrected chi connectivity index (χ4v) is 5.49. The third kappa shape index (κ3) is 5.73. The fraction of sp³-hybridized carbons (Fsp3) is 0.212. The number of nitrogens with two attached hydrogens (primary N) is 1. The summed E-state index contributed by atoms with van der Waals surface area (Å²) in [4.78, 5) is 28.5. The van der Waals surface area contributed by atoms with Crippen LogP contribution in [-0.2, 0) is 11.3 Å². The zero-order valence-corrected chi connectivity index (χ0v) is 22.9. The van der Waals surface area contributed by atoms with E-state index in [9.17, 15) is 4.79 Å². The number of fused-ring (bicyclic) bond motifs is 1. The van der Waals surface area contributed by atoms with E-state index in [2.05, 4.69) is 62.7 Å². The van der Waals surface area contributed by atoms with Gasteiger partial charge < -0.3 is 11.1 Å². The van der Waals surface area contributed by atoms with Crippen LogP contribution >= 0.6 is 0 Å². The molecule has 6 rings (SSSR count). The molecule has 0 radical (unpaired) electrons. The van der Waals surface area contributed by atoms with Crippen LogP contribution in [0.5, 0.6) is 0 Å². The summed E-state index contributed by atoms with van der Waals surface area (Å²) < 4.78 is 2.07. The molecule has 1 atom stereocenters. The molecule has 206 valence electrons. The molecule has 2 aromatic carbocycles. The third-order valence-electron chi connectivity index (χ3n) is 7.61. The van der Waals surface area contributed by atoms with Crippen LogP contribution < -0.4 is 11.1 Å². The normalized spacial score (nSPS) is 15.9. The molecule has 0 saturated carbocycles. The molecular weight excluding hydrogens is 510 g/mol. The molecule has 8 heteroatoms. The van der Waals surface area contributed by atoms with Crippen LogP contribution in [0.2, 0.25) is 0 Å². The lowest BCUT2D eigenvalue weighted by Crippen LogP contribution is -2.34. The molecule has 0 spiro atoms. The summed E-state index contributed by atoms with van der Waals surface area (Å²) in [5.74, 6) is 1.03. The molecule has 8 nitrogen and oxygen atoms in total. The predicted octanol–water partition coefficient (Wildman–Crippen LogP) is 5.39. The largest absolute Gasteiger partial charge is 0.383 e. The van der Waals surface area contributed by atoms with Crippen molar-refractivity contribution in [2.45, 2.75) is 31.8 Å². The summed E-state index contributed by atoms with van der Waals surface area (Å²) in [6.45, 7) is 6.36. The Morgan fingerprint density at radius 2 is 1.80 bits per heavy atom. The van der Waals surface area contributed by atoms with E-state index in [1.54, 1.807) is 6.20 Å². The molecule has 0 unspecified atom stereocenters. The van der Waals surface area contributed by atoms with Gasteiger partial charge >= 0.3 is 0 Å². The number of imidazole rings is 1. The lowest BCUT2D eigenvalue weighted by molar-refractivity contribution is -0.117. The van der Waals surface area contributed by atoms with Gasteiger partial charge in [-0.1, -0.05) is 49.0 Å². The summed E-state index contributed by atoms with van der Waals surface area (Å²) in [6.07, 6.45) is 6.00. The zero-order chi connectivity index (χ0) is 28.2. The number of pyridine rings is 2. The van der Waals surface area contributed by atoms with Gasteiger partial charge in [-0.25, -0.2) is 15.0 Å². The summed E-state index contributed by atoms with van der Waals surface area (Å²) >= 11 is 0. The Balaban J connectivity index is 1.31. The number of nitrogens with zero attached hydrogens (tertiary/aromatic N) is 5. The van der Waals surface area contributed by atoms with E-state index in [0.717, 1.165) is 72.6 Å². The number of benzene rings is 2. The maximum atomic E-state index is 11.7. The van der Waals surface area contributed by atoms with Gasteiger partial charge in [0.25, 0.3) is 0 Å². The number of anilines is 1. The molecule has 4 heterocycles. The molecule has 1 amide bonds. The van der Waals surface area contributed by atoms with Crippen molar-refractivity contribution in [2.75, 3.05) is 18.8 Å². The Kier molecular flexibility index (Phi) is 7.56. The molecule has 0 bridgehead atoms. The number of nitrogens with one attached hydrogen (secondary N) is 1. The van der Waals surface area contributed by atoms with Gasteiger partial charge in [-0.05, 0) is 73.8 Å². The molecule has 41 heavy (non-hydrogen) atoms. The van der Waals surface area contributed by atoms with Gasteiger partial charge in [-0.15, -0.1) is 0 Å². The Morgan fingerprint density at radius 1 is 0.976 bits per heavy atom. The van der Waals surface area contributed by atoms with Gasteiger partial charge in [0, 0.05) is 36.6 Å². The highest BCUT2D eigenvalue weighted by Crippen LogP contribution is 2.32. The maximum absolute atomic E-state index is 11.7. The fourth-order valence-electron chi connectivity index (χ4n) is 5.49. The van der Waals surface area contributed by atoms with Gasteiger partial charge in [0.1, 0.15) is 11.3 Å². The van der Waals surface area contributed by atoms with Gasteiger partial charge in [-0.2, -0.15) is 0 Å². The lowest BCUT2D eigenvalue weighted by atomic mass is 10.1. The van der Waals surface area contributed by atoms with Crippen LogP contribution in [0.15, 0.2) is 97.7 Å². The second kappa shape index (κ2) is 11.7. The first-order chi connectivity index (χ1) is 20.1. The van der Waals surface area contributed by atoms with Crippen LogP contribution in [0.4, 0.5) is 5.82 Å². The van der Waals surface area contributed by atoms with Crippen molar-refractivity contribution in [2.24, 2.45) is 0 Å². The highest BCUT2D eigenvalue weighted by molar-refractivity contribution is 5.87. The number of nitrogen functional groups attached to an aromatic ring is 1. The van der Waals surface area contributed by atoms with E-state index in [0.29, 0.717) is 11.6 Å². The van der Waals surface area contributed by atoms with Crippen LogP contribution in [-0.4, -0.2) is 49.5 Å². The standard InChI is InChI=1S/C33H33N7O/c1-2-30(41)36-25-10-7-20-39(21-18-25)22-23-12-14-26(15-13-23)40-32(27-11-6-19-35-31(27)34)38-29-17-16-28(37-33(29)40)24-8-4-3-5-9-24/h2-6,8-9,11-17,19,25H,1,7,10,18,20-22H2,(H2,34,35)(H,36,41)/t25-/m0/s1. The molecule has 1 saturated heterocycles. The maximum Gasteiger partial charge on any atom is 0.243 e. The van der Waals surface area contributed by atoms with Crippen molar-refractivity contribution in [1.82, 2.24) is 29.7 Å². The number of rotatable bonds is 7. The number of carbonyl (C=O) groups is 1. The van der Waals surface area contributed by atoms with Gasteiger partial charge in [0.2, 0.25) is 5.91 Å². The smallest absolute Gasteiger partial charge is 0.243 e. The number of amides is 1. The van der Waals surface area contributed by atoms with Crippen LogP contribution in [0, 0.1) is 0 Å². The molecule has 1 fully saturated rings. The topological polar surface area (TPSA) is 102 Å². The number of hydrogen-bond acceptors (Lipinski definition) is 6. The number of hydrogen-bond donors (Lipinski definition) is 2. The quantitative estimate of drug-likeness (QED) is 0.267. The van der Waals surface area contributed by atoms with Gasteiger partial charge in [-0.3, -0.25) is 14.3 Å². The van der Waals surface area contributed by atoms with Gasteiger partial charge in [0.15, 0.2) is 11.5 Å². The minimum Gasteiger partial charge on any atom is -0.383 e. The second-order valence-corrected chi connectivity index (χ2v) is 10.4. The molecule has 1 aliphatic heterocycles. The van der Waals surface area contributed by atoms with Crippen molar-refractivity contribution >= 4 is 22.9 Å². The monoisotopic (exact) mass is 543 g/mol. The molecule has 1 aliphatic rings. The minimum absolute atomic E-state index is 0.0937. The molecule has 3 aromatic heterocycles. The Bertz CT molecular complexity index is 1680. The van der Waals surface area contributed by atoms with Crippen molar-refractivity contribution in [3.8, 4) is 28.3 Å². The van der Waals surface area contributed by atoms with E-state index < -0.39 is 0 Å². The van der Waals surface area contributed by atoms with Crippen molar-refractivity contribution in [3.05, 3.63) is 103 Å². The van der Waals surface area contributed by atoms with E-state index in [1.807, 2.05) is 42.5 Å². The molecule has 0 aliphatic carbocycles. The van der Waals surface area contributed by atoms with E-state index in [4.69, 9.17) is 15.7 Å². The Labute approximate surface area is 239 Å². The molecule has 3 N–H and O–H groups in total. The average molecular weight is 544 g/mol. The van der Waals surface area contributed by atoms with Crippen molar-refractivity contribution < 1.29 is 4.79 Å². The first-order valence-electron chi connectivity index (χ1n) is 14.0. The summed E-state index contributed by atoms with van der Waals surface area (Å²) in [7, 11) is 0. The Morgan fingerprint density at radius 3 is 2.59 bits per heavy atom. The van der Waals surface area contributed by atoms with Gasteiger partial charge in [0.05, 0.1) is 11.3 Å². The lowest BCUT2D eigenvalue weighted by Gasteiger charge is -2.20. The summed E-state index contributed by atoms with van der Waals surface area (Å²) in [5.41, 5.74) is 12.7. The summed E-state index contributed by atoms with van der Waals surface area (Å²) in [5, 5.41) is 3.06. The highest BCUT2D eigenvalue weighted by atomic mass is 16.1. The predicted molar refractivity (Wildman–Crippen MR) is 163 cm³/mol. The van der Waals surface area contributed by atoms with E-state index in [1.165, 1.54) is 11.6 Å². The third-order valence-corrected chi connectivity index (χ3v) is 7.61. The number of carbonyl (C=O) groups excluding carboxylic acids is 1. The first kappa shape index (κ1) is 26.4.